The molecule has 3 amide bonds. The summed E-state index contributed by atoms with van der Waals surface area (Å²) in [5, 5.41) is 5.03. The topological polar surface area (TPSA) is 70.7 Å². The maximum absolute atomic E-state index is 11.9. The molecular weight excluding hydrogens is 258 g/mol. The number of nitrogens with one attached hydrogen (secondary N) is 2. The average Bonchev–Trinajstić information content (AvgIpc) is 2.89. The lowest BCUT2D eigenvalue weighted by Gasteiger charge is -2.26. The Morgan fingerprint density at radius 2 is 2.00 bits per heavy atom. The summed E-state index contributed by atoms with van der Waals surface area (Å²) in [6.45, 7) is 5.41. The first-order valence-corrected chi connectivity index (χ1v) is 7.40. The molecule has 1 unspecified atom stereocenters. The van der Waals surface area contributed by atoms with Crippen LogP contribution in [-0.4, -0.2) is 55.7 Å². The Morgan fingerprint density at radius 1 is 1.35 bits per heavy atom. The summed E-state index contributed by atoms with van der Waals surface area (Å²) in [6.07, 6.45) is 4.77. The Morgan fingerprint density at radius 3 is 2.55 bits per heavy atom. The van der Waals surface area contributed by atoms with Gasteiger partial charge in [-0.2, -0.15) is 0 Å². The van der Waals surface area contributed by atoms with Gasteiger partial charge in [-0.05, 0) is 26.3 Å². The van der Waals surface area contributed by atoms with E-state index in [4.69, 9.17) is 4.74 Å². The predicted octanol–water partition coefficient (Wildman–Crippen LogP) is 1.11. The van der Waals surface area contributed by atoms with Gasteiger partial charge in [0.15, 0.2) is 0 Å². The molecule has 1 aliphatic rings. The van der Waals surface area contributed by atoms with E-state index >= 15 is 0 Å². The van der Waals surface area contributed by atoms with Crippen molar-refractivity contribution < 1.29 is 14.3 Å². The molecule has 1 rings (SSSR count). The molecule has 1 aliphatic carbocycles. The van der Waals surface area contributed by atoms with Crippen LogP contribution in [0.3, 0.4) is 0 Å². The Kier molecular flexibility index (Phi) is 7.54. The highest BCUT2D eigenvalue weighted by atomic mass is 16.5. The van der Waals surface area contributed by atoms with Crippen molar-refractivity contribution in [1.82, 2.24) is 15.5 Å². The van der Waals surface area contributed by atoms with Crippen LogP contribution in [0.5, 0.6) is 0 Å². The molecule has 1 atom stereocenters. The van der Waals surface area contributed by atoms with Crippen molar-refractivity contribution in [2.45, 2.75) is 51.6 Å². The largest absolute Gasteiger partial charge is 0.383 e. The maximum atomic E-state index is 11.9. The summed E-state index contributed by atoms with van der Waals surface area (Å²) in [4.78, 5) is 25.6. The standard InChI is InChI=1S/C14H27N3O3/c1-4-17(12-7-5-6-8-12)9-13(18)16-14(19)15-11(2)10-20-3/h11-12H,4-10H2,1-3H3,(H2,15,16,18,19). The van der Waals surface area contributed by atoms with Gasteiger partial charge >= 0.3 is 6.03 Å². The van der Waals surface area contributed by atoms with Gasteiger partial charge in [-0.15, -0.1) is 0 Å². The highest BCUT2D eigenvalue weighted by Gasteiger charge is 2.23. The molecule has 0 bridgehead atoms. The van der Waals surface area contributed by atoms with Crippen LogP contribution in [0.25, 0.3) is 0 Å². The van der Waals surface area contributed by atoms with E-state index in [9.17, 15) is 9.59 Å². The first-order chi connectivity index (χ1) is 9.56. The number of hydrogen-bond acceptors (Lipinski definition) is 4. The first-order valence-electron chi connectivity index (χ1n) is 7.40. The lowest BCUT2D eigenvalue weighted by atomic mass is 10.2. The van der Waals surface area contributed by atoms with Crippen LogP contribution >= 0.6 is 0 Å². The summed E-state index contributed by atoms with van der Waals surface area (Å²) in [5.41, 5.74) is 0. The summed E-state index contributed by atoms with van der Waals surface area (Å²) >= 11 is 0. The number of urea groups is 1. The predicted molar refractivity (Wildman–Crippen MR) is 77.5 cm³/mol. The number of methoxy groups -OCH3 is 1. The van der Waals surface area contributed by atoms with Gasteiger partial charge < -0.3 is 10.1 Å². The van der Waals surface area contributed by atoms with Gasteiger partial charge in [-0.3, -0.25) is 15.0 Å². The van der Waals surface area contributed by atoms with E-state index in [2.05, 4.69) is 15.5 Å². The Hall–Kier alpha value is -1.14. The number of likely N-dealkylation sites (N-methyl/N-ethyl adjacent to an activating group) is 1. The monoisotopic (exact) mass is 285 g/mol. The van der Waals surface area contributed by atoms with Crippen molar-refractivity contribution in [2.75, 3.05) is 26.8 Å². The van der Waals surface area contributed by atoms with Gasteiger partial charge in [0, 0.05) is 13.2 Å². The summed E-state index contributed by atoms with van der Waals surface area (Å²) in [7, 11) is 1.57. The van der Waals surface area contributed by atoms with Crippen LogP contribution in [0.2, 0.25) is 0 Å². The third-order valence-corrected chi connectivity index (χ3v) is 3.64. The van der Waals surface area contributed by atoms with Crippen molar-refractivity contribution in [3.05, 3.63) is 0 Å². The van der Waals surface area contributed by atoms with Gasteiger partial charge in [0.1, 0.15) is 0 Å². The number of carbonyl (C=O) groups is 2. The average molecular weight is 285 g/mol. The second kappa shape index (κ2) is 8.92. The molecule has 1 fully saturated rings. The molecule has 6 nitrogen and oxygen atoms in total. The molecule has 0 aromatic heterocycles. The number of carbonyl (C=O) groups excluding carboxylic acids is 2. The van der Waals surface area contributed by atoms with Crippen LogP contribution in [-0.2, 0) is 9.53 Å². The molecule has 6 heteroatoms. The minimum atomic E-state index is -0.456. The number of imide groups is 1. The summed E-state index contributed by atoms with van der Waals surface area (Å²) in [5.74, 6) is -0.249. The van der Waals surface area contributed by atoms with E-state index in [1.54, 1.807) is 7.11 Å². The van der Waals surface area contributed by atoms with Crippen molar-refractivity contribution >= 4 is 11.9 Å². The lowest BCUT2D eigenvalue weighted by Crippen LogP contribution is -2.49. The molecular formula is C14H27N3O3. The lowest BCUT2D eigenvalue weighted by molar-refractivity contribution is -0.121. The second-order valence-electron chi connectivity index (χ2n) is 5.38. The van der Waals surface area contributed by atoms with E-state index < -0.39 is 6.03 Å². The van der Waals surface area contributed by atoms with E-state index in [0.29, 0.717) is 12.6 Å². The fraction of sp³-hybridized carbons (Fsp3) is 0.857. The summed E-state index contributed by atoms with van der Waals surface area (Å²) < 4.78 is 4.92. The molecule has 0 radical (unpaired) electrons. The Balaban J connectivity index is 2.32. The van der Waals surface area contributed by atoms with Crippen LogP contribution in [0.15, 0.2) is 0 Å². The number of amides is 3. The van der Waals surface area contributed by atoms with Gasteiger partial charge in [0.25, 0.3) is 0 Å². The normalized spacial score (nSPS) is 17.2. The summed E-state index contributed by atoms with van der Waals surface area (Å²) in [6, 6.07) is -0.0897. The second-order valence-corrected chi connectivity index (χ2v) is 5.38. The van der Waals surface area contributed by atoms with Crippen LogP contribution < -0.4 is 10.6 Å². The molecule has 20 heavy (non-hydrogen) atoms. The quantitative estimate of drug-likeness (QED) is 0.735. The molecule has 0 aromatic carbocycles. The smallest absolute Gasteiger partial charge is 0.321 e. The van der Waals surface area contributed by atoms with Crippen molar-refractivity contribution in [3.63, 3.8) is 0 Å². The van der Waals surface area contributed by atoms with E-state index in [-0.39, 0.29) is 18.5 Å². The van der Waals surface area contributed by atoms with Crippen molar-refractivity contribution in [3.8, 4) is 0 Å². The molecule has 0 saturated heterocycles. The third-order valence-electron chi connectivity index (χ3n) is 3.64. The maximum Gasteiger partial charge on any atom is 0.321 e. The number of rotatable bonds is 7. The van der Waals surface area contributed by atoms with E-state index in [1.807, 2.05) is 13.8 Å². The van der Waals surface area contributed by atoms with Gasteiger partial charge in [0.05, 0.1) is 19.2 Å². The molecule has 0 aliphatic heterocycles. The molecule has 0 heterocycles. The third kappa shape index (κ3) is 5.88. The first kappa shape index (κ1) is 16.9. The fourth-order valence-corrected chi connectivity index (χ4v) is 2.67. The van der Waals surface area contributed by atoms with Crippen molar-refractivity contribution in [2.24, 2.45) is 0 Å². The van der Waals surface area contributed by atoms with Crippen LogP contribution in [0.4, 0.5) is 4.79 Å². The zero-order valence-electron chi connectivity index (χ0n) is 12.8. The highest BCUT2D eigenvalue weighted by molar-refractivity contribution is 5.95. The molecule has 0 spiro atoms. The highest BCUT2D eigenvalue weighted by Crippen LogP contribution is 2.22. The zero-order valence-corrected chi connectivity index (χ0v) is 12.8. The van der Waals surface area contributed by atoms with E-state index in [1.165, 1.54) is 12.8 Å². The SMILES string of the molecule is CCN(CC(=O)NC(=O)NC(C)COC)C1CCCC1. The molecule has 0 aromatic rings. The number of nitrogens with zero attached hydrogens (tertiary/aromatic N) is 1. The molecule has 116 valence electrons. The van der Waals surface area contributed by atoms with Gasteiger partial charge in [-0.25, -0.2) is 4.79 Å². The molecule has 1 saturated carbocycles. The Labute approximate surface area is 121 Å². The minimum Gasteiger partial charge on any atom is -0.383 e. The Bertz CT molecular complexity index is 317. The minimum absolute atomic E-state index is 0.120. The van der Waals surface area contributed by atoms with Crippen molar-refractivity contribution in [1.29, 1.82) is 0 Å². The number of hydrogen-bond donors (Lipinski definition) is 2. The van der Waals surface area contributed by atoms with Gasteiger partial charge in [-0.1, -0.05) is 19.8 Å². The van der Waals surface area contributed by atoms with Gasteiger partial charge in [0.2, 0.25) is 5.91 Å². The van der Waals surface area contributed by atoms with E-state index in [0.717, 1.165) is 19.4 Å². The van der Waals surface area contributed by atoms with Crippen LogP contribution in [0, 0.1) is 0 Å². The zero-order chi connectivity index (χ0) is 15.0. The number of ether oxygens (including phenoxy) is 1. The van der Waals surface area contributed by atoms with Crippen LogP contribution in [0.1, 0.15) is 39.5 Å². The fourth-order valence-electron chi connectivity index (χ4n) is 2.67. The molecule has 2 N–H and O–H groups in total.